The smallest absolute Gasteiger partial charge is 0.213 e. The predicted octanol–water partition coefficient (Wildman–Crippen LogP) is 2.85. The van der Waals surface area contributed by atoms with Crippen molar-refractivity contribution in [3.63, 3.8) is 0 Å². The number of anilines is 2. The molecule has 0 atom stereocenters. The number of ether oxygens (including phenoxy) is 1. The summed E-state index contributed by atoms with van der Waals surface area (Å²) in [5.74, 6) is 0.375. The largest absolute Gasteiger partial charge is 0.474 e. The molecule has 110 valence electrons. The number of nitrogens with two attached hydrogens (primary N) is 1. The standard InChI is InChI=1S/C16H18FN3O/c17-13-4-3-5-14(18)16(13)20-10-7-12(8-11-20)21-15-6-1-2-9-19-15/h1-6,9,12H,7-8,10-11,18H2. The minimum absolute atomic E-state index is 0.115. The minimum atomic E-state index is -0.265. The van der Waals surface area contributed by atoms with Crippen molar-refractivity contribution in [2.24, 2.45) is 0 Å². The Morgan fingerprint density at radius 1 is 1.14 bits per heavy atom. The lowest BCUT2D eigenvalue weighted by atomic mass is 10.1. The average molecular weight is 287 g/mol. The number of halogens is 1. The molecule has 0 saturated carbocycles. The van der Waals surface area contributed by atoms with E-state index in [-0.39, 0.29) is 11.9 Å². The van der Waals surface area contributed by atoms with Gasteiger partial charge in [-0.05, 0) is 18.2 Å². The van der Waals surface area contributed by atoms with Gasteiger partial charge in [-0.25, -0.2) is 9.37 Å². The van der Waals surface area contributed by atoms with Crippen LogP contribution in [0.2, 0.25) is 0 Å². The molecule has 1 aliphatic rings. The zero-order valence-electron chi connectivity index (χ0n) is 11.7. The van der Waals surface area contributed by atoms with Gasteiger partial charge in [-0.3, -0.25) is 0 Å². The molecule has 1 aromatic heterocycles. The van der Waals surface area contributed by atoms with Gasteiger partial charge in [0.1, 0.15) is 11.9 Å². The molecule has 1 aliphatic heterocycles. The lowest BCUT2D eigenvalue weighted by molar-refractivity contribution is 0.164. The van der Waals surface area contributed by atoms with Crippen LogP contribution in [0.3, 0.4) is 0 Å². The summed E-state index contributed by atoms with van der Waals surface area (Å²) in [5, 5.41) is 0. The van der Waals surface area contributed by atoms with E-state index >= 15 is 0 Å². The van der Waals surface area contributed by atoms with Crippen molar-refractivity contribution in [2.75, 3.05) is 23.7 Å². The van der Waals surface area contributed by atoms with Crippen molar-refractivity contribution < 1.29 is 9.13 Å². The van der Waals surface area contributed by atoms with Gasteiger partial charge in [0.05, 0.1) is 11.4 Å². The third kappa shape index (κ3) is 3.07. The van der Waals surface area contributed by atoms with Crippen molar-refractivity contribution in [1.82, 2.24) is 4.98 Å². The second-order valence-electron chi connectivity index (χ2n) is 5.15. The molecule has 5 heteroatoms. The third-order valence-electron chi connectivity index (χ3n) is 3.70. The van der Waals surface area contributed by atoms with Crippen LogP contribution in [0.5, 0.6) is 5.88 Å². The highest BCUT2D eigenvalue weighted by molar-refractivity contribution is 5.68. The number of nitrogen functional groups attached to an aromatic ring is 1. The van der Waals surface area contributed by atoms with Crippen LogP contribution < -0.4 is 15.4 Å². The van der Waals surface area contributed by atoms with Crippen molar-refractivity contribution >= 4 is 11.4 Å². The van der Waals surface area contributed by atoms with Crippen molar-refractivity contribution in [2.45, 2.75) is 18.9 Å². The summed E-state index contributed by atoms with van der Waals surface area (Å²) in [4.78, 5) is 6.15. The predicted molar refractivity (Wildman–Crippen MR) is 80.9 cm³/mol. The molecule has 0 radical (unpaired) electrons. The van der Waals surface area contributed by atoms with E-state index in [0.717, 1.165) is 25.9 Å². The van der Waals surface area contributed by atoms with Crippen molar-refractivity contribution in [1.29, 1.82) is 0 Å². The van der Waals surface area contributed by atoms with E-state index in [1.807, 2.05) is 23.1 Å². The summed E-state index contributed by atoms with van der Waals surface area (Å²) in [6, 6.07) is 10.4. The molecular formula is C16H18FN3O. The number of nitrogens with zero attached hydrogens (tertiary/aromatic N) is 2. The highest BCUT2D eigenvalue weighted by Crippen LogP contribution is 2.29. The van der Waals surface area contributed by atoms with Crippen molar-refractivity contribution in [3.8, 4) is 5.88 Å². The maximum atomic E-state index is 13.9. The topological polar surface area (TPSA) is 51.4 Å². The Morgan fingerprint density at radius 3 is 2.62 bits per heavy atom. The quantitative estimate of drug-likeness (QED) is 0.882. The number of rotatable bonds is 3. The number of hydrogen-bond donors (Lipinski definition) is 1. The Morgan fingerprint density at radius 2 is 1.95 bits per heavy atom. The van der Waals surface area contributed by atoms with Crippen LogP contribution in [-0.2, 0) is 0 Å². The van der Waals surface area contributed by atoms with Crippen LogP contribution in [0.25, 0.3) is 0 Å². The fraction of sp³-hybridized carbons (Fsp3) is 0.312. The summed E-state index contributed by atoms with van der Waals surface area (Å²) in [6.45, 7) is 1.45. The molecule has 2 heterocycles. The van der Waals surface area contributed by atoms with E-state index in [4.69, 9.17) is 10.5 Å². The van der Waals surface area contributed by atoms with Crippen LogP contribution in [0.1, 0.15) is 12.8 Å². The van der Waals surface area contributed by atoms with Crippen LogP contribution in [0, 0.1) is 5.82 Å². The molecule has 1 fully saturated rings. The number of aromatic nitrogens is 1. The summed E-state index contributed by atoms with van der Waals surface area (Å²) >= 11 is 0. The van der Waals surface area contributed by atoms with E-state index in [1.165, 1.54) is 6.07 Å². The number of hydrogen-bond acceptors (Lipinski definition) is 4. The minimum Gasteiger partial charge on any atom is -0.474 e. The Hall–Kier alpha value is -2.30. The molecule has 21 heavy (non-hydrogen) atoms. The molecule has 3 rings (SSSR count). The molecule has 0 aliphatic carbocycles. The highest BCUT2D eigenvalue weighted by Gasteiger charge is 2.24. The summed E-state index contributed by atoms with van der Waals surface area (Å²) < 4.78 is 19.8. The van der Waals surface area contributed by atoms with Gasteiger partial charge in [0, 0.05) is 38.2 Å². The maximum Gasteiger partial charge on any atom is 0.213 e. The van der Waals surface area contributed by atoms with E-state index in [0.29, 0.717) is 17.3 Å². The molecule has 2 aromatic rings. The van der Waals surface area contributed by atoms with Gasteiger partial charge in [0.2, 0.25) is 5.88 Å². The normalized spacial score (nSPS) is 16.0. The van der Waals surface area contributed by atoms with Crippen LogP contribution in [0.15, 0.2) is 42.6 Å². The van der Waals surface area contributed by atoms with E-state index in [9.17, 15) is 4.39 Å². The zero-order chi connectivity index (χ0) is 14.7. The Labute approximate surface area is 123 Å². The lowest BCUT2D eigenvalue weighted by Gasteiger charge is -2.34. The van der Waals surface area contributed by atoms with Gasteiger partial charge in [0.15, 0.2) is 0 Å². The zero-order valence-corrected chi connectivity index (χ0v) is 11.7. The second-order valence-corrected chi connectivity index (χ2v) is 5.15. The molecule has 1 saturated heterocycles. The molecule has 0 amide bonds. The molecule has 4 nitrogen and oxygen atoms in total. The van der Waals surface area contributed by atoms with Gasteiger partial charge in [-0.1, -0.05) is 12.1 Å². The Kier molecular flexibility index (Phi) is 3.90. The van der Waals surface area contributed by atoms with Gasteiger partial charge in [-0.2, -0.15) is 0 Å². The van der Waals surface area contributed by atoms with Crippen molar-refractivity contribution in [3.05, 3.63) is 48.4 Å². The lowest BCUT2D eigenvalue weighted by Crippen LogP contribution is -2.39. The molecule has 1 aromatic carbocycles. The fourth-order valence-corrected chi connectivity index (χ4v) is 2.65. The Balaban J connectivity index is 1.63. The van der Waals surface area contributed by atoms with E-state index < -0.39 is 0 Å². The molecule has 0 unspecified atom stereocenters. The first-order valence-corrected chi connectivity index (χ1v) is 7.10. The summed E-state index contributed by atoms with van der Waals surface area (Å²) in [5.41, 5.74) is 6.88. The number of benzene rings is 1. The summed E-state index contributed by atoms with van der Waals surface area (Å²) in [6.07, 6.45) is 3.48. The third-order valence-corrected chi connectivity index (χ3v) is 3.70. The van der Waals surface area contributed by atoms with Gasteiger partial charge in [0.25, 0.3) is 0 Å². The molecule has 0 bridgehead atoms. The van der Waals surface area contributed by atoms with Gasteiger partial charge in [-0.15, -0.1) is 0 Å². The maximum absolute atomic E-state index is 13.9. The van der Waals surface area contributed by atoms with Gasteiger partial charge < -0.3 is 15.4 Å². The van der Waals surface area contributed by atoms with Crippen LogP contribution in [0.4, 0.5) is 15.8 Å². The first kappa shape index (κ1) is 13.7. The first-order chi connectivity index (χ1) is 10.2. The van der Waals surface area contributed by atoms with Gasteiger partial charge >= 0.3 is 0 Å². The summed E-state index contributed by atoms with van der Waals surface area (Å²) in [7, 11) is 0. The van der Waals surface area contributed by atoms with Crippen LogP contribution in [-0.4, -0.2) is 24.2 Å². The monoisotopic (exact) mass is 287 g/mol. The molecule has 0 spiro atoms. The average Bonchev–Trinajstić information content (AvgIpc) is 2.50. The Bertz CT molecular complexity index is 577. The SMILES string of the molecule is Nc1cccc(F)c1N1CCC(Oc2ccccn2)CC1. The number of piperidine rings is 1. The number of para-hydroxylation sites is 1. The second kappa shape index (κ2) is 5.99. The molecule has 2 N–H and O–H groups in total. The first-order valence-electron chi connectivity index (χ1n) is 7.10. The number of pyridine rings is 1. The van der Waals surface area contributed by atoms with E-state index in [2.05, 4.69) is 4.98 Å². The fourth-order valence-electron chi connectivity index (χ4n) is 2.65. The van der Waals surface area contributed by atoms with Crippen LogP contribution >= 0.6 is 0 Å². The highest BCUT2D eigenvalue weighted by atomic mass is 19.1. The van der Waals surface area contributed by atoms with E-state index in [1.54, 1.807) is 18.3 Å². The molecular weight excluding hydrogens is 269 g/mol.